The first-order valence-corrected chi connectivity index (χ1v) is 2.89. The molecule has 60 valence electrons. The van der Waals surface area contributed by atoms with Crippen LogP contribution in [0.25, 0.3) is 0 Å². The maximum absolute atomic E-state index is 10.8. The number of methoxy groups -OCH3 is 1. The third-order valence-corrected chi connectivity index (χ3v) is 1.13. The Morgan fingerprint density at radius 2 is 2.25 bits per heavy atom. The van der Waals surface area contributed by atoms with E-state index in [4.69, 9.17) is 0 Å². The second-order valence-corrected chi connectivity index (χ2v) is 1.78. The van der Waals surface area contributed by atoms with Crippen molar-refractivity contribution < 1.29 is 26.5 Å². The molecule has 0 N–H and O–H groups in total. The van der Waals surface area contributed by atoms with E-state index in [2.05, 4.69) is 10.8 Å². The summed E-state index contributed by atoms with van der Waals surface area (Å²) >= 11 is 0. The average molecular weight is 239 g/mol. The molecule has 0 radical (unpaired) electrons. The van der Waals surface area contributed by atoms with Crippen molar-refractivity contribution in [3.63, 3.8) is 0 Å². The summed E-state index contributed by atoms with van der Waals surface area (Å²) in [6.07, 6.45) is 0. The second kappa shape index (κ2) is 7.58. The largest absolute Gasteiger partial charge is 2.00 e. The first-order chi connectivity index (χ1) is 4.84. The van der Waals surface area contributed by atoms with Crippen molar-refractivity contribution in [2.24, 2.45) is 0 Å². The van der Waals surface area contributed by atoms with Gasteiger partial charge in [-0.2, -0.15) is 30.3 Å². The topological polar surface area (TPSA) is 26.3 Å². The molecular weight excluding hydrogens is 232 g/mol. The standard InChI is InChI=1S/C8H7O2.BrH.Mg/c1-10-8(9)7-5-3-2-4-6-7;;/h2-3,5-6H,1H3;1H;/q-1;;+2/p-1. The second-order valence-electron chi connectivity index (χ2n) is 1.78. The molecule has 0 bridgehead atoms. The number of rotatable bonds is 1. The van der Waals surface area contributed by atoms with Gasteiger partial charge in [-0.1, -0.05) is 5.56 Å². The van der Waals surface area contributed by atoms with E-state index < -0.39 is 0 Å². The van der Waals surface area contributed by atoms with Crippen molar-refractivity contribution >= 4 is 29.0 Å². The molecule has 0 saturated carbocycles. The summed E-state index contributed by atoms with van der Waals surface area (Å²) in [5.41, 5.74) is 0.532. The van der Waals surface area contributed by atoms with Crippen LogP contribution in [0.4, 0.5) is 0 Å². The van der Waals surface area contributed by atoms with Gasteiger partial charge in [-0.15, -0.1) is 0 Å². The van der Waals surface area contributed by atoms with Crippen molar-refractivity contribution in [2.75, 3.05) is 7.11 Å². The van der Waals surface area contributed by atoms with E-state index in [0.29, 0.717) is 5.56 Å². The summed E-state index contributed by atoms with van der Waals surface area (Å²) in [6.45, 7) is 0. The van der Waals surface area contributed by atoms with Gasteiger partial charge >= 0.3 is 23.1 Å². The van der Waals surface area contributed by atoms with Gasteiger partial charge < -0.3 is 21.7 Å². The minimum Gasteiger partial charge on any atom is -1.00 e. The molecule has 0 spiro atoms. The smallest absolute Gasteiger partial charge is 1.00 e. The minimum absolute atomic E-state index is 0. The third-order valence-electron chi connectivity index (χ3n) is 1.13. The molecule has 0 aliphatic heterocycles. The number of carbonyl (C=O) groups excluding carboxylic acids is 1. The molecule has 0 amide bonds. The summed E-state index contributed by atoms with van der Waals surface area (Å²) in [5.74, 6) is -0.322. The molecule has 0 atom stereocenters. The summed E-state index contributed by atoms with van der Waals surface area (Å²) in [7, 11) is 1.36. The summed E-state index contributed by atoms with van der Waals surface area (Å²) in [4.78, 5) is 10.8. The summed E-state index contributed by atoms with van der Waals surface area (Å²) in [6, 6.07) is 9.52. The van der Waals surface area contributed by atoms with Crippen molar-refractivity contribution in [3.05, 3.63) is 35.9 Å². The van der Waals surface area contributed by atoms with Gasteiger partial charge in [-0.05, 0) is 0 Å². The van der Waals surface area contributed by atoms with E-state index in [1.807, 2.05) is 0 Å². The molecule has 0 heterocycles. The SMILES string of the molecule is COC(=O)c1c[c-]ccc1.[Br-].[Mg+2]. The zero-order valence-corrected chi connectivity index (χ0v) is 9.71. The van der Waals surface area contributed by atoms with Crippen LogP contribution < -0.4 is 17.0 Å². The fourth-order valence-corrected chi connectivity index (χ4v) is 0.638. The quantitative estimate of drug-likeness (QED) is 0.319. The zero-order valence-electron chi connectivity index (χ0n) is 6.71. The number of halogens is 1. The van der Waals surface area contributed by atoms with Gasteiger partial charge in [0, 0.05) is 0 Å². The van der Waals surface area contributed by atoms with Gasteiger partial charge in [0.2, 0.25) is 0 Å². The van der Waals surface area contributed by atoms with Crippen molar-refractivity contribution in [1.82, 2.24) is 0 Å². The molecule has 0 aliphatic rings. The Kier molecular flexibility index (Phi) is 9.13. The third kappa shape index (κ3) is 4.09. The summed E-state index contributed by atoms with van der Waals surface area (Å²) < 4.78 is 4.48. The van der Waals surface area contributed by atoms with E-state index in [1.165, 1.54) is 7.11 Å². The number of carbonyl (C=O) groups is 1. The fraction of sp³-hybridized carbons (Fsp3) is 0.125. The maximum atomic E-state index is 10.8. The Morgan fingerprint density at radius 3 is 2.67 bits per heavy atom. The van der Waals surface area contributed by atoms with Gasteiger partial charge in [-0.25, -0.2) is 0 Å². The molecule has 0 fully saturated rings. The number of hydrogen-bond donors (Lipinski definition) is 0. The number of hydrogen-bond acceptors (Lipinski definition) is 2. The van der Waals surface area contributed by atoms with Crippen LogP contribution in [0.2, 0.25) is 0 Å². The molecule has 1 aromatic rings. The van der Waals surface area contributed by atoms with Crippen LogP contribution in [0, 0.1) is 6.07 Å². The van der Waals surface area contributed by atoms with Crippen LogP contribution in [0.5, 0.6) is 0 Å². The number of esters is 1. The Balaban J connectivity index is 0. The van der Waals surface area contributed by atoms with Crippen LogP contribution in [0.1, 0.15) is 10.4 Å². The number of benzene rings is 1. The van der Waals surface area contributed by atoms with E-state index in [0.717, 1.165) is 0 Å². The molecule has 4 heteroatoms. The summed E-state index contributed by atoms with van der Waals surface area (Å²) in [5, 5.41) is 0. The Labute approximate surface area is 98.2 Å². The minimum atomic E-state index is -0.322. The van der Waals surface area contributed by atoms with Crippen LogP contribution in [-0.2, 0) is 4.74 Å². The zero-order chi connectivity index (χ0) is 7.40. The van der Waals surface area contributed by atoms with Gasteiger partial charge in [0.15, 0.2) is 0 Å². The molecular formula is C8H7BrMgO2. The molecule has 0 unspecified atom stereocenters. The van der Waals surface area contributed by atoms with E-state index >= 15 is 0 Å². The van der Waals surface area contributed by atoms with Crippen LogP contribution in [0.15, 0.2) is 24.3 Å². The van der Waals surface area contributed by atoms with Gasteiger partial charge in [0.1, 0.15) is 0 Å². The predicted octanol–water partition coefficient (Wildman–Crippen LogP) is -2.10. The molecule has 2 nitrogen and oxygen atoms in total. The van der Waals surface area contributed by atoms with E-state index in [9.17, 15) is 4.79 Å². The average Bonchev–Trinajstić information content (AvgIpc) is 2.05. The first-order valence-electron chi connectivity index (χ1n) is 2.89. The number of ether oxygens (including phenoxy) is 1. The fourth-order valence-electron chi connectivity index (χ4n) is 0.638. The predicted molar refractivity (Wildman–Crippen MR) is 42.4 cm³/mol. The molecule has 1 aromatic carbocycles. The van der Waals surface area contributed by atoms with E-state index in [-0.39, 0.29) is 46.0 Å². The molecule has 1 rings (SSSR count). The Morgan fingerprint density at radius 1 is 1.58 bits per heavy atom. The van der Waals surface area contributed by atoms with E-state index in [1.54, 1.807) is 24.3 Å². The van der Waals surface area contributed by atoms with Crippen LogP contribution in [-0.4, -0.2) is 36.1 Å². The molecule has 0 saturated heterocycles. The van der Waals surface area contributed by atoms with Crippen LogP contribution in [0.3, 0.4) is 0 Å². The van der Waals surface area contributed by atoms with Crippen molar-refractivity contribution in [3.8, 4) is 0 Å². The Bertz CT molecular complexity index is 226. The van der Waals surface area contributed by atoms with Gasteiger partial charge in [0.25, 0.3) is 5.97 Å². The Hall–Kier alpha value is -0.0638. The maximum Gasteiger partial charge on any atom is 2.00 e. The van der Waals surface area contributed by atoms with Gasteiger partial charge in [0.05, 0.1) is 7.11 Å². The van der Waals surface area contributed by atoms with Crippen molar-refractivity contribution in [2.45, 2.75) is 0 Å². The van der Waals surface area contributed by atoms with Crippen molar-refractivity contribution in [1.29, 1.82) is 0 Å². The molecule has 12 heavy (non-hydrogen) atoms. The molecule has 0 aliphatic carbocycles. The van der Waals surface area contributed by atoms with Crippen LogP contribution >= 0.6 is 0 Å². The normalized spacial score (nSPS) is 7.42. The van der Waals surface area contributed by atoms with Gasteiger partial charge in [-0.3, -0.25) is 4.79 Å². The monoisotopic (exact) mass is 238 g/mol. The first kappa shape index (κ1) is 14.5. The molecule has 0 aromatic heterocycles.